The van der Waals surface area contributed by atoms with E-state index in [0.717, 1.165) is 45.5 Å². The lowest BCUT2D eigenvalue weighted by molar-refractivity contribution is -0.147. The Labute approximate surface area is 161 Å². The molecule has 148 valence electrons. The number of hydrogen-bond acceptors (Lipinski definition) is 5. The van der Waals surface area contributed by atoms with E-state index < -0.39 is 0 Å². The molecule has 1 spiro atoms. The van der Waals surface area contributed by atoms with E-state index in [1.165, 1.54) is 19.3 Å². The molecule has 2 aliphatic carbocycles. The van der Waals surface area contributed by atoms with Gasteiger partial charge in [0.05, 0.1) is 24.5 Å². The van der Waals surface area contributed by atoms with E-state index in [2.05, 4.69) is 21.8 Å². The van der Waals surface area contributed by atoms with Gasteiger partial charge in [0.1, 0.15) is 6.10 Å². The highest BCUT2D eigenvalue weighted by Gasteiger charge is 2.64. The fourth-order valence-corrected chi connectivity index (χ4v) is 6.25. The summed E-state index contributed by atoms with van der Waals surface area (Å²) in [4.78, 5) is 16.6. The van der Waals surface area contributed by atoms with Crippen LogP contribution in [0.5, 0.6) is 0 Å². The van der Waals surface area contributed by atoms with Crippen LogP contribution >= 0.6 is 0 Å². The third-order valence-corrected chi connectivity index (χ3v) is 7.77. The number of esters is 1. The first-order valence-corrected chi connectivity index (χ1v) is 10.6. The number of imidazole rings is 1. The lowest BCUT2D eigenvalue weighted by Gasteiger charge is -2.51. The van der Waals surface area contributed by atoms with Gasteiger partial charge in [-0.25, -0.2) is 4.98 Å². The van der Waals surface area contributed by atoms with E-state index in [1.807, 2.05) is 12.5 Å². The van der Waals surface area contributed by atoms with Crippen molar-refractivity contribution in [3.63, 3.8) is 0 Å². The lowest BCUT2D eigenvalue weighted by Crippen LogP contribution is -2.51. The molecule has 6 heteroatoms. The predicted molar refractivity (Wildman–Crippen MR) is 99.9 cm³/mol. The Morgan fingerprint density at radius 2 is 2.30 bits per heavy atom. The molecule has 1 N–H and O–H groups in total. The zero-order valence-electron chi connectivity index (χ0n) is 16.2. The van der Waals surface area contributed by atoms with E-state index in [9.17, 15) is 4.79 Å². The third kappa shape index (κ3) is 3.11. The number of ether oxygens (including phenoxy) is 2. The second kappa shape index (κ2) is 6.59. The summed E-state index contributed by atoms with van der Waals surface area (Å²) in [5.74, 6) is 0.972. The number of aryl methyl sites for hydroxylation is 1. The van der Waals surface area contributed by atoms with Gasteiger partial charge in [-0.15, -0.1) is 0 Å². The summed E-state index contributed by atoms with van der Waals surface area (Å²) in [6, 6.07) is 0. The molecular formula is C21H31N3O3. The van der Waals surface area contributed by atoms with Gasteiger partial charge in [0.25, 0.3) is 0 Å². The highest BCUT2D eigenvalue weighted by molar-refractivity contribution is 5.75. The van der Waals surface area contributed by atoms with E-state index in [-0.39, 0.29) is 29.0 Å². The second-order valence-corrected chi connectivity index (χ2v) is 9.46. The van der Waals surface area contributed by atoms with Crippen LogP contribution in [-0.4, -0.2) is 46.9 Å². The number of aromatic nitrogens is 2. The van der Waals surface area contributed by atoms with Gasteiger partial charge in [0, 0.05) is 31.4 Å². The van der Waals surface area contributed by atoms with Crippen molar-refractivity contribution in [3.05, 3.63) is 18.7 Å². The van der Waals surface area contributed by atoms with Crippen LogP contribution in [0.25, 0.3) is 0 Å². The Bertz CT molecular complexity index is 687. The zero-order valence-corrected chi connectivity index (χ0v) is 16.2. The second-order valence-electron chi connectivity index (χ2n) is 9.46. The van der Waals surface area contributed by atoms with Gasteiger partial charge in [-0.3, -0.25) is 4.79 Å². The molecular weight excluding hydrogens is 342 g/mol. The minimum atomic E-state index is 0.00511. The molecule has 0 radical (unpaired) electrons. The van der Waals surface area contributed by atoms with Gasteiger partial charge in [-0.05, 0) is 56.4 Å². The van der Waals surface area contributed by atoms with Crippen LogP contribution in [0.15, 0.2) is 18.7 Å². The van der Waals surface area contributed by atoms with Crippen LogP contribution in [0.1, 0.15) is 45.4 Å². The lowest BCUT2D eigenvalue weighted by atomic mass is 9.53. The first-order chi connectivity index (χ1) is 13.1. The molecule has 2 saturated heterocycles. The number of nitrogens with zero attached hydrogens (tertiary/aromatic N) is 2. The summed E-state index contributed by atoms with van der Waals surface area (Å²) in [5, 5.41) is 3.51. The standard InChI is InChI=1S/C21H31N3O3/c1-20-4-2-5-21(13-26-21)18(20)10-15-16(19(25)27-17(15)11-20)12-22-6-3-8-24-9-7-23-14-24/h7,9,14-18,22H,2-6,8,10-13H2,1H3. The molecule has 5 rings (SSSR count). The van der Waals surface area contributed by atoms with Crippen molar-refractivity contribution in [2.24, 2.45) is 23.2 Å². The number of nitrogens with one attached hydrogen (secondary N) is 1. The quantitative estimate of drug-likeness (QED) is 0.471. The largest absolute Gasteiger partial charge is 0.462 e. The minimum absolute atomic E-state index is 0.00511. The van der Waals surface area contributed by atoms with Gasteiger partial charge in [0.2, 0.25) is 0 Å². The van der Waals surface area contributed by atoms with Crippen molar-refractivity contribution in [3.8, 4) is 0 Å². The average Bonchev–Trinajstić information content (AvgIpc) is 3.08. The molecule has 0 aromatic carbocycles. The van der Waals surface area contributed by atoms with Crippen molar-refractivity contribution in [2.75, 3.05) is 19.7 Å². The molecule has 4 aliphatic rings. The summed E-state index contributed by atoms with van der Waals surface area (Å²) in [7, 11) is 0. The number of epoxide rings is 1. The fourth-order valence-electron chi connectivity index (χ4n) is 6.25. The zero-order chi connectivity index (χ0) is 18.5. The van der Waals surface area contributed by atoms with Crippen LogP contribution in [-0.2, 0) is 20.8 Å². The number of carbonyl (C=O) groups is 1. The molecule has 1 aromatic heterocycles. The summed E-state index contributed by atoms with van der Waals surface area (Å²) in [5.41, 5.74) is 0.412. The summed E-state index contributed by atoms with van der Waals surface area (Å²) < 4.78 is 13.9. The van der Waals surface area contributed by atoms with Crippen molar-refractivity contribution < 1.29 is 14.3 Å². The van der Waals surface area contributed by atoms with Crippen LogP contribution in [0.3, 0.4) is 0 Å². The normalized spacial score (nSPS) is 42.6. The Hall–Kier alpha value is -1.40. The Morgan fingerprint density at radius 3 is 3.07 bits per heavy atom. The Balaban J connectivity index is 1.18. The molecule has 0 bridgehead atoms. The molecule has 2 saturated carbocycles. The summed E-state index contributed by atoms with van der Waals surface area (Å²) in [6.07, 6.45) is 12.6. The monoisotopic (exact) mass is 373 g/mol. The molecule has 6 nitrogen and oxygen atoms in total. The molecule has 1 aromatic rings. The van der Waals surface area contributed by atoms with Crippen molar-refractivity contribution >= 4 is 5.97 Å². The maximum absolute atomic E-state index is 12.6. The van der Waals surface area contributed by atoms with Crippen molar-refractivity contribution in [1.82, 2.24) is 14.9 Å². The third-order valence-electron chi connectivity index (χ3n) is 7.77. The number of fused-ring (bicyclic) bond motifs is 3. The van der Waals surface area contributed by atoms with Gasteiger partial charge < -0.3 is 19.4 Å². The highest BCUT2D eigenvalue weighted by Crippen LogP contribution is 2.62. The Kier molecular flexibility index (Phi) is 4.32. The molecule has 0 amide bonds. The Morgan fingerprint density at radius 1 is 1.41 bits per heavy atom. The molecule has 3 heterocycles. The van der Waals surface area contributed by atoms with Crippen molar-refractivity contribution in [1.29, 1.82) is 0 Å². The molecule has 27 heavy (non-hydrogen) atoms. The maximum atomic E-state index is 12.6. The van der Waals surface area contributed by atoms with E-state index in [0.29, 0.717) is 11.8 Å². The molecule has 6 unspecified atom stereocenters. The van der Waals surface area contributed by atoms with E-state index in [4.69, 9.17) is 9.47 Å². The minimum Gasteiger partial charge on any atom is -0.462 e. The topological polar surface area (TPSA) is 68.7 Å². The first kappa shape index (κ1) is 17.7. The van der Waals surface area contributed by atoms with Crippen LogP contribution in [0.2, 0.25) is 0 Å². The van der Waals surface area contributed by atoms with Gasteiger partial charge >= 0.3 is 5.97 Å². The molecule has 4 fully saturated rings. The van der Waals surface area contributed by atoms with Crippen LogP contribution in [0.4, 0.5) is 0 Å². The van der Waals surface area contributed by atoms with Crippen LogP contribution < -0.4 is 5.32 Å². The van der Waals surface area contributed by atoms with E-state index in [1.54, 1.807) is 6.20 Å². The first-order valence-electron chi connectivity index (χ1n) is 10.6. The van der Waals surface area contributed by atoms with Gasteiger partial charge in [-0.2, -0.15) is 0 Å². The number of carbonyl (C=O) groups excluding carboxylic acids is 1. The van der Waals surface area contributed by atoms with Gasteiger partial charge in [-0.1, -0.05) is 6.92 Å². The number of hydrogen-bond donors (Lipinski definition) is 1. The number of rotatable bonds is 6. The maximum Gasteiger partial charge on any atom is 0.310 e. The smallest absolute Gasteiger partial charge is 0.310 e. The van der Waals surface area contributed by atoms with E-state index >= 15 is 0 Å². The van der Waals surface area contributed by atoms with Crippen LogP contribution in [0, 0.1) is 23.2 Å². The molecule has 2 aliphatic heterocycles. The van der Waals surface area contributed by atoms with Gasteiger partial charge in [0.15, 0.2) is 0 Å². The summed E-state index contributed by atoms with van der Waals surface area (Å²) >= 11 is 0. The predicted octanol–water partition coefficient (Wildman–Crippen LogP) is 2.39. The average molecular weight is 373 g/mol. The highest BCUT2D eigenvalue weighted by atomic mass is 16.6. The SMILES string of the molecule is CC12CCCC3(CO3)C1CC1C(C2)OC(=O)C1CNCCCn1ccnc1. The van der Waals surface area contributed by atoms with Crippen molar-refractivity contribution in [2.45, 2.75) is 63.7 Å². The fraction of sp³-hybridized carbons (Fsp3) is 0.810. The summed E-state index contributed by atoms with van der Waals surface area (Å²) in [6.45, 7) is 5.94. The molecule has 6 atom stereocenters.